The molecule has 0 radical (unpaired) electrons. The molecule has 28 heavy (non-hydrogen) atoms. The first kappa shape index (κ1) is 20.4. The van der Waals surface area contributed by atoms with Gasteiger partial charge in [0.05, 0.1) is 25.5 Å². The number of hydrogen-bond donors (Lipinski definition) is 4. The Morgan fingerprint density at radius 1 is 1.11 bits per heavy atom. The van der Waals surface area contributed by atoms with E-state index in [2.05, 4.69) is 5.32 Å². The molecule has 0 aromatic heterocycles. The predicted molar refractivity (Wildman–Crippen MR) is 104 cm³/mol. The molecule has 0 aliphatic carbocycles. The largest absolute Gasteiger partial charge is 0.467 e. The van der Waals surface area contributed by atoms with Gasteiger partial charge in [0.2, 0.25) is 10.0 Å². The number of nitrogens with zero attached hydrogens (tertiary/aromatic N) is 1. The molecule has 10 heteroatoms. The molecule has 0 unspecified atom stereocenters. The van der Waals surface area contributed by atoms with Crippen LogP contribution in [0, 0.1) is 0 Å². The summed E-state index contributed by atoms with van der Waals surface area (Å²) in [6.07, 6.45) is 0. The minimum atomic E-state index is -3.99. The van der Waals surface area contributed by atoms with Gasteiger partial charge in [-0.25, -0.2) is 8.42 Å². The van der Waals surface area contributed by atoms with Gasteiger partial charge in [-0.05, 0) is 36.4 Å². The Hall–Kier alpha value is -2.37. The molecular formula is C18H23N3O6S. The van der Waals surface area contributed by atoms with Gasteiger partial charge in [0.1, 0.15) is 10.6 Å². The number of nitrogen functional groups attached to an aromatic ring is 1. The summed E-state index contributed by atoms with van der Waals surface area (Å²) >= 11 is 0. The van der Waals surface area contributed by atoms with E-state index in [-0.39, 0.29) is 43.7 Å². The van der Waals surface area contributed by atoms with Gasteiger partial charge in [-0.3, -0.25) is 0 Å². The number of anilines is 3. The van der Waals surface area contributed by atoms with Gasteiger partial charge in [-0.2, -0.15) is 4.31 Å². The number of aliphatic hydroxyl groups excluding tert-OH is 2. The molecule has 1 heterocycles. The van der Waals surface area contributed by atoms with Crippen molar-refractivity contribution in [3.05, 3.63) is 42.0 Å². The average molecular weight is 409 g/mol. The van der Waals surface area contributed by atoms with E-state index in [9.17, 15) is 18.6 Å². The van der Waals surface area contributed by atoms with Crippen LogP contribution in [0.15, 0.2) is 41.3 Å². The van der Waals surface area contributed by atoms with Crippen molar-refractivity contribution in [2.24, 2.45) is 0 Å². The highest BCUT2D eigenvalue weighted by molar-refractivity contribution is 7.89. The zero-order valence-electron chi connectivity index (χ0n) is 15.2. The van der Waals surface area contributed by atoms with E-state index in [0.717, 1.165) is 15.6 Å². The lowest BCUT2D eigenvalue weighted by Gasteiger charge is -2.23. The number of nitrogens with one attached hydrogen (secondary N) is 1. The van der Waals surface area contributed by atoms with Gasteiger partial charge in [-0.15, -0.1) is 0 Å². The Morgan fingerprint density at radius 2 is 1.86 bits per heavy atom. The van der Waals surface area contributed by atoms with Crippen LogP contribution < -0.4 is 15.8 Å². The van der Waals surface area contributed by atoms with Gasteiger partial charge in [0, 0.05) is 30.0 Å². The second-order valence-electron chi connectivity index (χ2n) is 6.17. The van der Waals surface area contributed by atoms with Crippen LogP contribution in [0.1, 0.15) is 5.56 Å². The first-order valence-electron chi connectivity index (χ1n) is 8.67. The highest BCUT2D eigenvalue weighted by Gasteiger charge is 2.27. The normalized spacial score (nSPS) is 13.8. The fraction of sp³-hybridized carbons (Fsp3) is 0.333. The van der Waals surface area contributed by atoms with Crippen LogP contribution in [0.5, 0.6) is 5.75 Å². The van der Waals surface area contributed by atoms with E-state index in [1.807, 2.05) is 6.07 Å². The third kappa shape index (κ3) is 4.37. The van der Waals surface area contributed by atoms with E-state index in [1.165, 1.54) is 6.07 Å². The molecule has 1 aliphatic rings. The maximum Gasteiger partial charge on any atom is 0.245 e. The fourth-order valence-corrected chi connectivity index (χ4v) is 4.50. The number of benzene rings is 2. The third-order valence-corrected chi connectivity index (χ3v) is 6.16. The molecule has 0 atom stereocenters. The Balaban J connectivity index is 1.97. The minimum absolute atomic E-state index is 0.0420. The Morgan fingerprint density at radius 3 is 2.57 bits per heavy atom. The first-order valence-corrected chi connectivity index (χ1v) is 10.1. The Labute approximate surface area is 163 Å². The van der Waals surface area contributed by atoms with Gasteiger partial charge < -0.3 is 30.7 Å². The molecular weight excluding hydrogens is 386 g/mol. The summed E-state index contributed by atoms with van der Waals surface area (Å²) in [5.74, 6) is 0.721. The zero-order valence-corrected chi connectivity index (χ0v) is 16.0. The van der Waals surface area contributed by atoms with Crippen molar-refractivity contribution in [1.29, 1.82) is 0 Å². The average Bonchev–Trinajstić information content (AvgIpc) is 2.69. The van der Waals surface area contributed by atoms with E-state index in [4.69, 9.17) is 15.2 Å². The number of hydrogen-bond acceptors (Lipinski definition) is 8. The van der Waals surface area contributed by atoms with E-state index in [0.29, 0.717) is 18.0 Å². The summed E-state index contributed by atoms with van der Waals surface area (Å²) in [5, 5.41) is 21.5. The SMILES string of the molecule is Nc1ccc(Nc2ccc3c(c2)COCO3)c(S(=O)(=O)N(CCO)CCO)c1. The monoisotopic (exact) mass is 409 g/mol. The molecule has 5 N–H and O–H groups in total. The first-order chi connectivity index (χ1) is 13.5. The van der Waals surface area contributed by atoms with Crippen LogP contribution in [0.2, 0.25) is 0 Å². The highest BCUT2D eigenvalue weighted by atomic mass is 32.2. The van der Waals surface area contributed by atoms with Gasteiger partial charge in [0.25, 0.3) is 0 Å². The van der Waals surface area contributed by atoms with Crippen LogP contribution >= 0.6 is 0 Å². The summed E-state index contributed by atoms with van der Waals surface area (Å²) in [5.41, 5.74) is 7.93. The highest BCUT2D eigenvalue weighted by Crippen LogP contribution is 2.32. The summed E-state index contributed by atoms with van der Waals surface area (Å²) in [7, 11) is -3.99. The zero-order chi connectivity index (χ0) is 20.1. The lowest BCUT2D eigenvalue weighted by atomic mass is 10.1. The molecule has 0 fully saturated rings. The molecule has 152 valence electrons. The fourth-order valence-electron chi connectivity index (χ4n) is 2.89. The number of ether oxygens (including phenoxy) is 2. The molecule has 0 saturated carbocycles. The van der Waals surface area contributed by atoms with E-state index < -0.39 is 10.0 Å². The minimum Gasteiger partial charge on any atom is -0.467 e. The molecule has 1 aliphatic heterocycles. The van der Waals surface area contributed by atoms with E-state index >= 15 is 0 Å². The van der Waals surface area contributed by atoms with Crippen LogP contribution in [0.3, 0.4) is 0 Å². The van der Waals surface area contributed by atoms with Crippen molar-refractivity contribution in [3.8, 4) is 5.75 Å². The van der Waals surface area contributed by atoms with Crippen LogP contribution in [0.4, 0.5) is 17.1 Å². The number of rotatable bonds is 8. The molecule has 3 rings (SSSR count). The lowest BCUT2D eigenvalue weighted by Crippen LogP contribution is -2.36. The predicted octanol–water partition coefficient (Wildman–Crippen LogP) is 0.854. The smallest absolute Gasteiger partial charge is 0.245 e. The van der Waals surface area contributed by atoms with Gasteiger partial charge >= 0.3 is 0 Å². The van der Waals surface area contributed by atoms with Gasteiger partial charge in [-0.1, -0.05) is 0 Å². The molecule has 0 spiro atoms. The van der Waals surface area contributed by atoms with Crippen molar-refractivity contribution in [2.75, 3.05) is 44.1 Å². The Kier molecular flexibility index (Phi) is 6.37. The van der Waals surface area contributed by atoms with Crippen molar-refractivity contribution < 1.29 is 28.1 Å². The molecule has 9 nitrogen and oxygen atoms in total. The quantitative estimate of drug-likeness (QED) is 0.472. The summed E-state index contributed by atoms with van der Waals surface area (Å²) < 4.78 is 37.8. The molecule has 0 saturated heterocycles. The second kappa shape index (κ2) is 8.76. The van der Waals surface area contributed by atoms with Gasteiger partial charge in [0.15, 0.2) is 6.79 Å². The number of sulfonamides is 1. The second-order valence-corrected chi connectivity index (χ2v) is 8.07. The molecule has 0 bridgehead atoms. The molecule has 2 aromatic rings. The van der Waals surface area contributed by atoms with Crippen molar-refractivity contribution >= 4 is 27.1 Å². The number of aliphatic hydroxyl groups is 2. The summed E-state index contributed by atoms with van der Waals surface area (Å²) in [6, 6.07) is 9.90. The Bertz CT molecular complexity index is 929. The van der Waals surface area contributed by atoms with Crippen molar-refractivity contribution in [1.82, 2.24) is 4.31 Å². The lowest BCUT2D eigenvalue weighted by molar-refractivity contribution is -0.0163. The summed E-state index contributed by atoms with van der Waals surface area (Å²) in [4.78, 5) is -0.0420. The summed E-state index contributed by atoms with van der Waals surface area (Å²) in [6.45, 7) is -0.399. The third-order valence-electron chi connectivity index (χ3n) is 4.22. The topological polar surface area (TPSA) is 134 Å². The number of nitrogens with two attached hydrogens (primary N) is 1. The maximum absolute atomic E-state index is 13.1. The van der Waals surface area contributed by atoms with Crippen LogP contribution in [-0.2, 0) is 21.4 Å². The standard InChI is InChI=1S/C18H23N3O6S/c19-14-1-3-16(18(10-14)28(24,25)21(5-7-22)6-8-23)20-15-2-4-17-13(9-15)11-26-12-27-17/h1-4,9-10,20,22-23H,5-8,11-12,19H2. The van der Waals surface area contributed by atoms with Crippen LogP contribution in [-0.4, -0.2) is 56.0 Å². The molecule has 0 amide bonds. The number of fused-ring (bicyclic) bond motifs is 1. The van der Waals surface area contributed by atoms with Crippen molar-refractivity contribution in [3.63, 3.8) is 0 Å². The molecule has 2 aromatic carbocycles. The maximum atomic E-state index is 13.1. The van der Waals surface area contributed by atoms with Crippen LogP contribution in [0.25, 0.3) is 0 Å². The van der Waals surface area contributed by atoms with E-state index in [1.54, 1.807) is 24.3 Å². The van der Waals surface area contributed by atoms with Crippen molar-refractivity contribution in [2.45, 2.75) is 11.5 Å².